The number of hydrogen-bond donors (Lipinski definition) is 1. The van der Waals surface area contributed by atoms with Crippen molar-refractivity contribution in [3.63, 3.8) is 0 Å². The largest absolute Gasteiger partial charge is 0.330 e. The highest BCUT2D eigenvalue weighted by molar-refractivity contribution is 5.41. The summed E-state index contributed by atoms with van der Waals surface area (Å²) >= 11 is 0. The average molecular weight is 266 g/mol. The van der Waals surface area contributed by atoms with E-state index in [0.717, 1.165) is 26.1 Å². The van der Waals surface area contributed by atoms with E-state index in [0.29, 0.717) is 6.04 Å². The molecule has 1 atom stereocenters. The predicted octanol–water partition coefficient (Wildman–Crippen LogP) is 3.33. The number of benzene rings is 2. The van der Waals surface area contributed by atoms with Gasteiger partial charge in [-0.1, -0.05) is 54.6 Å². The van der Waals surface area contributed by atoms with Gasteiger partial charge < -0.3 is 5.73 Å². The van der Waals surface area contributed by atoms with Gasteiger partial charge in [-0.2, -0.15) is 0 Å². The van der Waals surface area contributed by atoms with Crippen molar-refractivity contribution >= 4 is 0 Å². The Balaban J connectivity index is 1.88. The monoisotopic (exact) mass is 266 g/mol. The van der Waals surface area contributed by atoms with E-state index < -0.39 is 0 Å². The minimum Gasteiger partial charge on any atom is -0.330 e. The van der Waals surface area contributed by atoms with Gasteiger partial charge in [-0.25, -0.2) is 0 Å². The quantitative estimate of drug-likeness (QED) is 0.841. The van der Waals surface area contributed by atoms with Crippen LogP contribution in [0, 0.1) is 0 Å². The van der Waals surface area contributed by atoms with Crippen LogP contribution in [0.25, 0.3) is 0 Å². The van der Waals surface area contributed by atoms with Gasteiger partial charge in [-0.15, -0.1) is 0 Å². The lowest BCUT2D eigenvalue weighted by Gasteiger charge is -2.25. The molecule has 0 fully saturated rings. The Morgan fingerprint density at radius 2 is 1.70 bits per heavy atom. The van der Waals surface area contributed by atoms with Crippen LogP contribution in [0.5, 0.6) is 0 Å². The van der Waals surface area contributed by atoms with E-state index in [1.807, 2.05) is 0 Å². The zero-order valence-corrected chi connectivity index (χ0v) is 11.8. The van der Waals surface area contributed by atoms with E-state index in [1.165, 1.54) is 23.1 Å². The number of hydrogen-bond acceptors (Lipinski definition) is 2. The van der Waals surface area contributed by atoms with Gasteiger partial charge in [0.15, 0.2) is 0 Å². The van der Waals surface area contributed by atoms with E-state index >= 15 is 0 Å². The third-order valence-corrected chi connectivity index (χ3v) is 4.10. The lowest BCUT2D eigenvalue weighted by atomic mass is 9.98. The molecule has 2 heteroatoms. The van der Waals surface area contributed by atoms with Crippen LogP contribution in [0.4, 0.5) is 0 Å². The van der Waals surface area contributed by atoms with E-state index in [2.05, 4.69) is 59.5 Å². The van der Waals surface area contributed by atoms with Crippen molar-refractivity contribution in [1.82, 2.24) is 4.90 Å². The molecule has 1 aliphatic heterocycles. The number of fused-ring (bicyclic) bond motifs is 1. The zero-order valence-electron chi connectivity index (χ0n) is 11.8. The molecule has 1 unspecified atom stereocenters. The first-order valence-electron chi connectivity index (χ1n) is 7.47. The summed E-state index contributed by atoms with van der Waals surface area (Å²) < 4.78 is 0. The Bertz CT molecular complexity index is 550. The molecule has 0 amide bonds. The maximum absolute atomic E-state index is 5.62. The van der Waals surface area contributed by atoms with Gasteiger partial charge in [0.2, 0.25) is 0 Å². The second-order valence-electron chi connectivity index (χ2n) is 5.48. The SMILES string of the molecule is NCCCCN1Cc2ccccc2C1c1ccccc1. The summed E-state index contributed by atoms with van der Waals surface area (Å²) in [5.74, 6) is 0. The minimum absolute atomic E-state index is 0.408. The number of nitrogens with zero attached hydrogens (tertiary/aromatic N) is 1. The number of unbranched alkanes of at least 4 members (excludes halogenated alkanes) is 1. The van der Waals surface area contributed by atoms with Crippen molar-refractivity contribution in [2.75, 3.05) is 13.1 Å². The lowest BCUT2D eigenvalue weighted by molar-refractivity contribution is 0.239. The third kappa shape index (κ3) is 2.62. The number of rotatable bonds is 5. The molecule has 2 aromatic carbocycles. The molecule has 20 heavy (non-hydrogen) atoms. The molecule has 1 heterocycles. The van der Waals surface area contributed by atoms with Crippen molar-refractivity contribution in [3.8, 4) is 0 Å². The van der Waals surface area contributed by atoms with Gasteiger partial charge in [0.25, 0.3) is 0 Å². The maximum Gasteiger partial charge on any atom is 0.0607 e. The van der Waals surface area contributed by atoms with Crippen LogP contribution < -0.4 is 5.73 Å². The van der Waals surface area contributed by atoms with Gasteiger partial charge in [-0.3, -0.25) is 4.90 Å². The summed E-state index contributed by atoms with van der Waals surface area (Å²) in [5.41, 5.74) is 9.95. The molecule has 2 aromatic rings. The first-order valence-corrected chi connectivity index (χ1v) is 7.47. The molecular formula is C18H22N2. The smallest absolute Gasteiger partial charge is 0.0607 e. The fourth-order valence-corrected chi connectivity index (χ4v) is 3.14. The van der Waals surface area contributed by atoms with Crippen LogP contribution in [0.2, 0.25) is 0 Å². The van der Waals surface area contributed by atoms with Crippen molar-refractivity contribution < 1.29 is 0 Å². The van der Waals surface area contributed by atoms with Crippen molar-refractivity contribution in [1.29, 1.82) is 0 Å². The third-order valence-electron chi connectivity index (χ3n) is 4.10. The second-order valence-corrected chi connectivity index (χ2v) is 5.48. The fraction of sp³-hybridized carbons (Fsp3) is 0.333. The predicted molar refractivity (Wildman–Crippen MR) is 83.4 cm³/mol. The highest BCUT2D eigenvalue weighted by Gasteiger charge is 2.30. The molecule has 0 radical (unpaired) electrons. The Kier molecular flexibility index (Phi) is 4.14. The van der Waals surface area contributed by atoms with E-state index in [1.54, 1.807) is 0 Å². The van der Waals surface area contributed by atoms with Crippen molar-refractivity contribution in [3.05, 3.63) is 71.3 Å². The molecule has 0 saturated heterocycles. The summed E-state index contributed by atoms with van der Waals surface area (Å²) in [6.07, 6.45) is 2.28. The average Bonchev–Trinajstić information content (AvgIpc) is 2.86. The van der Waals surface area contributed by atoms with Gasteiger partial charge in [0.05, 0.1) is 6.04 Å². The first-order chi connectivity index (χ1) is 9.90. The molecule has 2 N–H and O–H groups in total. The summed E-state index contributed by atoms with van der Waals surface area (Å²) in [6, 6.07) is 20.1. The molecule has 0 bridgehead atoms. The zero-order chi connectivity index (χ0) is 13.8. The highest BCUT2D eigenvalue weighted by Crippen LogP contribution is 2.38. The van der Waals surface area contributed by atoms with Crippen molar-refractivity contribution in [2.45, 2.75) is 25.4 Å². The molecular weight excluding hydrogens is 244 g/mol. The normalized spacial score (nSPS) is 18.1. The van der Waals surface area contributed by atoms with Crippen LogP contribution in [-0.2, 0) is 6.54 Å². The lowest BCUT2D eigenvalue weighted by Crippen LogP contribution is -2.24. The molecule has 3 rings (SSSR count). The Labute approximate surface area is 121 Å². The summed E-state index contributed by atoms with van der Waals surface area (Å²) in [6.45, 7) is 2.96. The second kappa shape index (κ2) is 6.21. The van der Waals surface area contributed by atoms with Crippen LogP contribution >= 0.6 is 0 Å². The molecule has 2 nitrogen and oxygen atoms in total. The van der Waals surface area contributed by atoms with Gasteiger partial charge in [-0.05, 0) is 42.6 Å². The first kappa shape index (κ1) is 13.3. The Morgan fingerprint density at radius 3 is 2.50 bits per heavy atom. The summed E-state index contributed by atoms with van der Waals surface area (Å²) in [5, 5.41) is 0. The molecule has 0 saturated carbocycles. The van der Waals surface area contributed by atoms with Gasteiger partial charge in [0, 0.05) is 6.54 Å². The fourth-order valence-electron chi connectivity index (χ4n) is 3.14. The summed E-state index contributed by atoms with van der Waals surface area (Å²) in [4.78, 5) is 2.58. The van der Waals surface area contributed by atoms with Crippen LogP contribution in [0.3, 0.4) is 0 Å². The van der Waals surface area contributed by atoms with Gasteiger partial charge >= 0.3 is 0 Å². The molecule has 0 aliphatic carbocycles. The van der Waals surface area contributed by atoms with Crippen molar-refractivity contribution in [2.24, 2.45) is 5.73 Å². The van der Waals surface area contributed by atoms with Crippen LogP contribution in [-0.4, -0.2) is 18.0 Å². The van der Waals surface area contributed by atoms with E-state index in [9.17, 15) is 0 Å². The Morgan fingerprint density at radius 1 is 0.950 bits per heavy atom. The molecule has 104 valence electrons. The van der Waals surface area contributed by atoms with E-state index in [-0.39, 0.29) is 0 Å². The Hall–Kier alpha value is -1.64. The maximum atomic E-state index is 5.62. The highest BCUT2D eigenvalue weighted by atomic mass is 15.2. The number of nitrogens with two attached hydrogens (primary N) is 1. The molecule has 0 spiro atoms. The summed E-state index contributed by atoms with van der Waals surface area (Å²) in [7, 11) is 0. The minimum atomic E-state index is 0.408. The molecule has 1 aliphatic rings. The molecule has 0 aromatic heterocycles. The van der Waals surface area contributed by atoms with E-state index in [4.69, 9.17) is 5.73 Å². The van der Waals surface area contributed by atoms with Crippen LogP contribution in [0.1, 0.15) is 35.6 Å². The standard InChI is InChI=1S/C18H22N2/c19-12-6-7-13-20-14-16-10-4-5-11-17(16)18(20)15-8-2-1-3-9-15/h1-5,8-11,18H,6-7,12-14,19H2. The van der Waals surface area contributed by atoms with Crippen LogP contribution in [0.15, 0.2) is 54.6 Å². The topological polar surface area (TPSA) is 29.3 Å². The van der Waals surface area contributed by atoms with Gasteiger partial charge in [0.1, 0.15) is 0 Å².